The number of thioether (sulfide) groups is 1. The average molecular weight is 278 g/mol. The molecule has 0 bridgehead atoms. The number of nitrogens with zero attached hydrogens (tertiary/aromatic N) is 1. The first-order valence-corrected chi connectivity index (χ1v) is 8.33. The topological polar surface area (TPSA) is 45.8 Å². The van der Waals surface area contributed by atoms with Gasteiger partial charge in [-0.15, -0.1) is 11.3 Å². The number of rotatable bonds is 1. The maximum absolute atomic E-state index is 12.3. The second kappa shape index (κ2) is 3.84. The Morgan fingerprint density at radius 2 is 2.28 bits per heavy atom. The Labute approximate surface area is 113 Å². The van der Waals surface area contributed by atoms with E-state index in [1.165, 1.54) is 10.4 Å². The predicted molar refractivity (Wildman–Crippen MR) is 76.6 cm³/mol. The third kappa shape index (κ3) is 1.57. The van der Waals surface area contributed by atoms with Gasteiger partial charge in [0.05, 0.1) is 5.39 Å². The van der Waals surface area contributed by atoms with Crippen LogP contribution in [0, 0.1) is 5.92 Å². The summed E-state index contributed by atoms with van der Waals surface area (Å²) in [5, 5.41) is 0.868. The fourth-order valence-corrected chi connectivity index (χ4v) is 5.09. The molecule has 4 rings (SSSR count). The van der Waals surface area contributed by atoms with Gasteiger partial charge in [0.25, 0.3) is 5.56 Å². The normalized spacial score (nSPS) is 26.3. The predicted octanol–water partition coefficient (Wildman–Crippen LogP) is 2.90. The largest absolute Gasteiger partial charge is 0.310 e. The minimum atomic E-state index is 0.0819. The molecule has 3 heterocycles. The van der Waals surface area contributed by atoms with E-state index in [0.29, 0.717) is 11.8 Å². The molecule has 5 heteroatoms. The van der Waals surface area contributed by atoms with Gasteiger partial charge in [0.1, 0.15) is 10.7 Å². The number of hydrogen-bond acceptors (Lipinski definition) is 4. The van der Waals surface area contributed by atoms with Crippen molar-refractivity contribution >= 4 is 33.3 Å². The van der Waals surface area contributed by atoms with E-state index < -0.39 is 0 Å². The van der Waals surface area contributed by atoms with Crippen molar-refractivity contribution in [1.82, 2.24) is 9.97 Å². The minimum absolute atomic E-state index is 0.0819. The van der Waals surface area contributed by atoms with Gasteiger partial charge >= 0.3 is 0 Å². The van der Waals surface area contributed by atoms with Crippen LogP contribution in [-0.2, 0) is 12.2 Å². The van der Waals surface area contributed by atoms with E-state index in [9.17, 15) is 4.79 Å². The van der Waals surface area contributed by atoms with Gasteiger partial charge in [-0.1, -0.05) is 6.92 Å². The summed E-state index contributed by atoms with van der Waals surface area (Å²) in [6.07, 6.45) is 2.18. The quantitative estimate of drug-likeness (QED) is 0.872. The van der Waals surface area contributed by atoms with Crippen molar-refractivity contribution in [2.24, 2.45) is 5.92 Å². The molecule has 3 nitrogen and oxygen atoms in total. The van der Waals surface area contributed by atoms with Crippen LogP contribution < -0.4 is 5.56 Å². The van der Waals surface area contributed by atoms with Gasteiger partial charge in [0, 0.05) is 16.5 Å². The molecular weight excluding hydrogens is 264 g/mol. The van der Waals surface area contributed by atoms with E-state index in [0.717, 1.165) is 40.4 Å². The molecule has 2 atom stereocenters. The van der Waals surface area contributed by atoms with Gasteiger partial charge in [-0.2, -0.15) is 11.8 Å². The summed E-state index contributed by atoms with van der Waals surface area (Å²) >= 11 is 3.67. The molecule has 0 unspecified atom stereocenters. The van der Waals surface area contributed by atoms with Crippen LogP contribution in [0.5, 0.6) is 0 Å². The Kier molecular flexibility index (Phi) is 2.36. The molecule has 1 fully saturated rings. The summed E-state index contributed by atoms with van der Waals surface area (Å²) in [5.41, 5.74) is 1.34. The van der Waals surface area contributed by atoms with E-state index in [1.807, 2.05) is 11.8 Å². The molecule has 1 aliphatic heterocycles. The molecule has 0 amide bonds. The zero-order valence-electron chi connectivity index (χ0n) is 10.2. The van der Waals surface area contributed by atoms with Crippen LogP contribution in [0.2, 0.25) is 0 Å². The van der Waals surface area contributed by atoms with Crippen molar-refractivity contribution in [2.75, 3.05) is 5.75 Å². The maximum Gasteiger partial charge on any atom is 0.259 e. The van der Waals surface area contributed by atoms with Crippen LogP contribution in [0.25, 0.3) is 10.2 Å². The van der Waals surface area contributed by atoms with E-state index >= 15 is 0 Å². The summed E-state index contributed by atoms with van der Waals surface area (Å²) in [7, 11) is 0. The lowest BCUT2D eigenvalue weighted by atomic mass is 10.1. The Balaban J connectivity index is 1.94. The summed E-state index contributed by atoms with van der Waals surface area (Å²) < 4.78 is 0. The van der Waals surface area contributed by atoms with E-state index in [1.54, 1.807) is 11.3 Å². The van der Waals surface area contributed by atoms with Crippen LogP contribution in [-0.4, -0.2) is 15.7 Å². The molecule has 2 aromatic rings. The van der Waals surface area contributed by atoms with E-state index in [2.05, 4.69) is 11.9 Å². The smallest absolute Gasteiger partial charge is 0.259 e. The van der Waals surface area contributed by atoms with Crippen LogP contribution >= 0.6 is 23.1 Å². The maximum atomic E-state index is 12.3. The summed E-state index contributed by atoms with van der Waals surface area (Å²) in [6, 6.07) is 0. The Morgan fingerprint density at radius 1 is 1.44 bits per heavy atom. The monoisotopic (exact) mass is 278 g/mol. The molecule has 1 N–H and O–H groups in total. The van der Waals surface area contributed by atoms with Crippen LogP contribution in [0.4, 0.5) is 0 Å². The third-order valence-corrected chi connectivity index (χ3v) is 6.25. The van der Waals surface area contributed by atoms with Crippen LogP contribution in [0.3, 0.4) is 0 Å². The highest BCUT2D eigenvalue weighted by Gasteiger charge is 2.36. The lowest BCUT2D eigenvalue weighted by Gasteiger charge is -2.09. The number of aromatic amines is 1. The molecule has 0 radical (unpaired) electrons. The molecule has 2 aliphatic rings. The van der Waals surface area contributed by atoms with E-state index in [4.69, 9.17) is 4.98 Å². The van der Waals surface area contributed by atoms with Crippen LogP contribution in [0.1, 0.15) is 35.5 Å². The highest BCUT2D eigenvalue weighted by molar-refractivity contribution is 7.98. The highest BCUT2D eigenvalue weighted by Crippen LogP contribution is 2.45. The highest BCUT2D eigenvalue weighted by atomic mass is 32.2. The molecule has 0 saturated heterocycles. The molecular formula is C13H14N2OS2. The second-order valence-corrected chi connectivity index (χ2v) is 7.45. The molecule has 0 aromatic carbocycles. The second-order valence-electron chi connectivity index (χ2n) is 5.26. The Morgan fingerprint density at radius 3 is 3.06 bits per heavy atom. The van der Waals surface area contributed by atoms with Crippen molar-refractivity contribution in [3.05, 3.63) is 26.6 Å². The van der Waals surface area contributed by atoms with Gasteiger partial charge in [-0.3, -0.25) is 4.79 Å². The summed E-state index contributed by atoms with van der Waals surface area (Å²) in [5.74, 6) is 4.24. The molecule has 18 heavy (non-hydrogen) atoms. The fourth-order valence-electron chi connectivity index (χ4n) is 2.73. The molecule has 0 spiro atoms. The number of aryl methyl sites for hydroxylation is 1. The number of hydrogen-bond donors (Lipinski definition) is 1. The fraction of sp³-hybridized carbons (Fsp3) is 0.538. The zero-order valence-corrected chi connectivity index (χ0v) is 11.8. The number of fused-ring (bicyclic) bond motifs is 3. The van der Waals surface area contributed by atoms with Crippen molar-refractivity contribution in [3.63, 3.8) is 0 Å². The van der Waals surface area contributed by atoms with Gasteiger partial charge in [-0.25, -0.2) is 4.98 Å². The van der Waals surface area contributed by atoms with Gasteiger partial charge in [-0.05, 0) is 30.1 Å². The van der Waals surface area contributed by atoms with Crippen molar-refractivity contribution in [1.29, 1.82) is 0 Å². The van der Waals surface area contributed by atoms with Crippen LogP contribution in [0.15, 0.2) is 4.79 Å². The van der Waals surface area contributed by atoms with Gasteiger partial charge < -0.3 is 4.98 Å². The summed E-state index contributed by atoms with van der Waals surface area (Å²) in [6.45, 7) is 2.21. The third-order valence-electron chi connectivity index (χ3n) is 3.95. The average Bonchev–Trinajstić information content (AvgIpc) is 2.97. The van der Waals surface area contributed by atoms with Crippen molar-refractivity contribution in [3.8, 4) is 0 Å². The number of aromatic nitrogens is 2. The lowest BCUT2D eigenvalue weighted by molar-refractivity contribution is 0.845. The Hall–Kier alpha value is -0.810. The number of thiophene rings is 1. The standard InChI is InChI=1S/C13H14N2OS2/c1-6-4-8(6)11-14-12(16)10-7-2-3-17-5-9(7)18-13(10)15-11/h6,8H,2-5H2,1H3,(H,14,15,16)/t6-,8-/m0/s1. The SMILES string of the molecule is C[C@H]1C[C@@H]1c1nc2sc3c(c2c(=O)[nH]1)CCSC3. The molecule has 1 aliphatic carbocycles. The van der Waals surface area contributed by atoms with Gasteiger partial charge in [0.2, 0.25) is 0 Å². The number of nitrogens with one attached hydrogen (secondary N) is 1. The summed E-state index contributed by atoms with van der Waals surface area (Å²) in [4.78, 5) is 22.3. The molecule has 1 saturated carbocycles. The van der Waals surface area contributed by atoms with E-state index in [-0.39, 0.29) is 5.56 Å². The Bertz CT molecular complexity index is 688. The number of H-pyrrole nitrogens is 1. The molecule has 2 aromatic heterocycles. The lowest BCUT2D eigenvalue weighted by Crippen LogP contribution is -2.12. The first-order chi connectivity index (χ1) is 8.74. The van der Waals surface area contributed by atoms with Gasteiger partial charge in [0.15, 0.2) is 0 Å². The minimum Gasteiger partial charge on any atom is -0.310 e. The van der Waals surface area contributed by atoms with Crippen molar-refractivity contribution in [2.45, 2.75) is 31.4 Å². The zero-order chi connectivity index (χ0) is 12.3. The first-order valence-electron chi connectivity index (χ1n) is 6.36. The van der Waals surface area contributed by atoms with Crippen molar-refractivity contribution < 1.29 is 0 Å². The molecule has 94 valence electrons. The first kappa shape index (κ1) is 11.1.